The van der Waals surface area contributed by atoms with Crippen molar-refractivity contribution in [3.8, 4) is 0 Å². The first-order chi connectivity index (χ1) is 9.06. The summed E-state index contributed by atoms with van der Waals surface area (Å²) in [7, 11) is 1.85. The van der Waals surface area contributed by atoms with Crippen LogP contribution in [0.25, 0.3) is 11.1 Å². The molecule has 19 heavy (non-hydrogen) atoms. The SMILES string of the molecule is Cc1cn(C)nc1Cn1cnc2onc(C)c2c1=O. The molecule has 7 heteroatoms. The molecule has 0 aliphatic carbocycles. The molecule has 0 unspecified atom stereocenters. The van der Waals surface area contributed by atoms with Gasteiger partial charge >= 0.3 is 0 Å². The van der Waals surface area contributed by atoms with E-state index in [-0.39, 0.29) is 11.3 Å². The second-order valence-electron chi connectivity index (χ2n) is 4.56. The maximum atomic E-state index is 12.3. The summed E-state index contributed by atoms with van der Waals surface area (Å²) in [6.45, 7) is 4.08. The number of rotatable bonds is 2. The summed E-state index contributed by atoms with van der Waals surface area (Å²) < 4.78 is 8.21. The fraction of sp³-hybridized carbons (Fsp3) is 0.333. The molecule has 0 aliphatic rings. The molecule has 3 aromatic rings. The number of hydrogen-bond donors (Lipinski definition) is 0. The Labute approximate surface area is 108 Å². The highest BCUT2D eigenvalue weighted by atomic mass is 16.5. The minimum absolute atomic E-state index is 0.159. The van der Waals surface area contributed by atoms with E-state index in [1.54, 1.807) is 11.6 Å². The van der Waals surface area contributed by atoms with Crippen LogP contribution in [0.1, 0.15) is 17.0 Å². The summed E-state index contributed by atoms with van der Waals surface area (Å²) in [5.74, 6) is 0. The van der Waals surface area contributed by atoms with E-state index in [1.807, 2.05) is 20.2 Å². The Morgan fingerprint density at radius 2 is 2.16 bits per heavy atom. The molecule has 0 spiro atoms. The molecule has 98 valence electrons. The largest absolute Gasteiger partial charge is 0.335 e. The van der Waals surface area contributed by atoms with Gasteiger partial charge in [0.1, 0.15) is 11.7 Å². The van der Waals surface area contributed by atoms with Gasteiger partial charge in [-0.3, -0.25) is 14.0 Å². The predicted octanol–water partition coefficient (Wildman–Crippen LogP) is 0.783. The van der Waals surface area contributed by atoms with Crippen molar-refractivity contribution < 1.29 is 4.52 Å². The molecule has 0 radical (unpaired) electrons. The van der Waals surface area contributed by atoms with E-state index in [0.29, 0.717) is 17.6 Å². The van der Waals surface area contributed by atoms with Crippen molar-refractivity contribution in [2.45, 2.75) is 20.4 Å². The molecule has 7 nitrogen and oxygen atoms in total. The molecule has 0 saturated heterocycles. The Hall–Kier alpha value is -2.44. The lowest BCUT2D eigenvalue weighted by molar-refractivity contribution is 0.442. The van der Waals surface area contributed by atoms with E-state index in [0.717, 1.165) is 11.3 Å². The smallest absolute Gasteiger partial charge is 0.266 e. The van der Waals surface area contributed by atoms with Crippen LogP contribution in [0.4, 0.5) is 0 Å². The standard InChI is InChI=1S/C12H13N5O2/c1-7-4-16(3)14-9(7)5-17-6-13-11-10(12(17)18)8(2)15-19-11/h4,6H,5H2,1-3H3. The third-order valence-electron chi connectivity index (χ3n) is 3.07. The minimum atomic E-state index is -0.159. The minimum Gasteiger partial charge on any atom is -0.335 e. The van der Waals surface area contributed by atoms with Crippen LogP contribution in [-0.2, 0) is 13.6 Å². The molecule has 0 aliphatic heterocycles. The van der Waals surface area contributed by atoms with Crippen molar-refractivity contribution in [3.05, 3.63) is 39.8 Å². The first-order valence-corrected chi connectivity index (χ1v) is 5.87. The van der Waals surface area contributed by atoms with Crippen molar-refractivity contribution in [1.29, 1.82) is 0 Å². The van der Waals surface area contributed by atoms with E-state index in [2.05, 4.69) is 15.2 Å². The van der Waals surface area contributed by atoms with Crippen molar-refractivity contribution in [2.24, 2.45) is 7.05 Å². The highest BCUT2D eigenvalue weighted by molar-refractivity contribution is 5.73. The lowest BCUT2D eigenvalue weighted by atomic mass is 10.2. The van der Waals surface area contributed by atoms with Gasteiger partial charge in [-0.25, -0.2) is 4.98 Å². The van der Waals surface area contributed by atoms with Gasteiger partial charge < -0.3 is 4.52 Å². The van der Waals surface area contributed by atoms with Crippen LogP contribution >= 0.6 is 0 Å². The zero-order valence-corrected chi connectivity index (χ0v) is 10.9. The molecule has 0 amide bonds. The summed E-state index contributed by atoms with van der Waals surface area (Å²) in [4.78, 5) is 16.4. The summed E-state index contributed by atoms with van der Waals surface area (Å²) in [6.07, 6.45) is 3.38. The summed E-state index contributed by atoms with van der Waals surface area (Å²) >= 11 is 0. The zero-order valence-electron chi connectivity index (χ0n) is 10.9. The Bertz CT molecular complexity index is 811. The highest BCUT2D eigenvalue weighted by Crippen LogP contribution is 2.11. The fourth-order valence-electron chi connectivity index (χ4n) is 2.09. The van der Waals surface area contributed by atoms with E-state index < -0.39 is 0 Å². The molecule has 0 atom stereocenters. The number of nitrogens with zero attached hydrogens (tertiary/aromatic N) is 5. The Balaban J connectivity index is 2.11. The normalized spacial score (nSPS) is 11.3. The Morgan fingerprint density at radius 1 is 1.37 bits per heavy atom. The van der Waals surface area contributed by atoms with Crippen LogP contribution in [0.15, 0.2) is 21.8 Å². The predicted molar refractivity (Wildman–Crippen MR) is 67.8 cm³/mol. The average Bonchev–Trinajstić information content (AvgIpc) is 2.87. The molecule has 3 aromatic heterocycles. The van der Waals surface area contributed by atoms with Crippen LogP contribution in [0.5, 0.6) is 0 Å². The van der Waals surface area contributed by atoms with Crippen LogP contribution in [0, 0.1) is 13.8 Å². The summed E-state index contributed by atoms with van der Waals surface area (Å²) in [6, 6.07) is 0. The van der Waals surface area contributed by atoms with Crippen LogP contribution in [-0.4, -0.2) is 24.5 Å². The van der Waals surface area contributed by atoms with E-state index in [1.165, 1.54) is 10.9 Å². The Morgan fingerprint density at radius 3 is 2.84 bits per heavy atom. The molecular formula is C12H13N5O2. The number of aromatic nitrogens is 5. The van der Waals surface area contributed by atoms with Crippen molar-refractivity contribution >= 4 is 11.1 Å². The maximum Gasteiger partial charge on any atom is 0.266 e. The zero-order chi connectivity index (χ0) is 13.6. The second kappa shape index (κ2) is 4.04. The second-order valence-corrected chi connectivity index (χ2v) is 4.56. The van der Waals surface area contributed by atoms with Gasteiger partial charge in [0.05, 0.1) is 17.9 Å². The first-order valence-electron chi connectivity index (χ1n) is 5.87. The third kappa shape index (κ3) is 1.83. The summed E-state index contributed by atoms with van der Waals surface area (Å²) in [5.41, 5.74) is 2.56. The van der Waals surface area contributed by atoms with E-state index in [9.17, 15) is 4.79 Å². The molecule has 0 bridgehead atoms. The van der Waals surface area contributed by atoms with Gasteiger partial charge in [-0.2, -0.15) is 5.10 Å². The third-order valence-corrected chi connectivity index (χ3v) is 3.07. The van der Waals surface area contributed by atoms with E-state index in [4.69, 9.17) is 4.52 Å². The number of hydrogen-bond acceptors (Lipinski definition) is 5. The number of fused-ring (bicyclic) bond motifs is 1. The maximum absolute atomic E-state index is 12.3. The molecule has 0 fully saturated rings. The highest BCUT2D eigenvalue weighted by Gasteiger charge is 2.13. The fourth-order valence-corrected chi connectivity index (χ4v) is 2.09. The molecule has 0 aromatic carbocycles. The van der Waals surface area contributed by atoms with Gasteiger partial charge in [0.2, 0.25) is 0 Å². The van der Waals surface area contributed by atoms with Gasteiger partial charge in [-0.05, 0) is 19.4 Å². The lowest BCUT2D eigenvalue weighted by Gasteiger charge is -2.03. The van der Waals surface area contributed by atoms with Crippen molar-refractivity contribution in [3.63, 3.8) is 0 Å². The van der Waals surface area contributed by atoms with Gasteiger partial charge in [0.25, 0.3) is 11.3 Å². The van der Waals surface area contributed by atoms with Gasteiger partial charge in [-0.15, -0.1) is 0 Å². The van der Waals surface area contributed by atoms with Crippen molar-refractivity contribution in [1.82, 2.24) is 24.5 Å². The molecule has 0 N–H and O–H groups in total. The Kier molecular flexibility index (Phi) is 2.48. The summed E-state index contributed by atoms with van der Waals surface area (Å²) in [5, 5.41) is 8.51. The average molecular weight is 259 g/mol. The van der Waals surface area contributed by atoms with Crippen LogP contribution in [0.2, 0.25) is 0 Å². The van der Waals surface area contributed by atoms with E-state index >= 15 is 0 Å². The van der Waals surface area contributed by atoms with Crippen LogP contribution < -0.4 is 5.56 Å². The van der Waals surface area contributed by atoms with Crippen molar-refractivity contribution in [2.75, 3.05) is 0 Å². The molecule has 3 heterocycles. The van der Waals surface area contributed by atoms with Gasteiger partial charge in [0.15, 0.2) is 0 Å². The van der Waals surface area contributed by atoms with Gasteiger partial charge in [-0.1, -0.05) is 5.16 Å². The van der Waals surface area contributed by atoms with Crippen LogP contribution in [0.3, 0.4) is 0 Å². The molecule has 3 rings (SSSR count). The quantitative estimate of drug-likeness (QED) is 0.679. The molecular weight excluding hydrogens is 246 g/mol. The monoisotopic (exact) mass is 259 g/mol. The lowest BCUT2D eigenvalue weighted by Crippen LogP contribution is -2.21. The number of aryl methyl sites for hydroxylation is 3. The van der Waals surface area contributed by atoms with Gasteiger partial charge in [0, 0.05) is 13.2 Å². The first kappa shape index (κ1) is 11.6. The topological polar surface area (TPSA) is 78.7 Å². The molecule has 0 saturated carbocycles.